The molecule has 0 radical (unpaired) electrons. The number of carbonyl (C=O) groups excluding carboxylic acids is 1. The third-order valence-corrected chi connectivity index (χ3v) is 3.38. The fraction of sp³-hybridized carbons (Fsp3) is 0.429. The van der Waals surface area contributed by atoms with Crippen LogP contribution in [0, 0.1) is 11.3 Å². The van der Waals surface area contributed by atoms with Gasteiger partial charge >= 0.3 is 0 Å². The van der Waals surface area contributed by atoms with E-state index in [9.17, 15) is 4.79 Å². The molecule has 1 saturated heterocycles. The fourth-order valence-electron chi connectivity index (χ4n) is 2.22. The van der Waals surface area contributed by atoms with Gasteiger partial charge in [-0.25, -0.2) is 0 Å². The van der Waals surface area contributed by atoms with Crippen LogP contribution >= 0.6 is 0 Å². The largest absolute Gasteiger partial charge is 0.350 e. The molecule has 0 spiro atoms. The number of rotatable bonds is 3. The zero-order valence-corrected chi connectivity index (χ0v) is 10.5. The number of benzene rings is 1. The Kier molecular flexibility index (Phi) is 3.63. The Balaban J connectivity index is 1.95. The van der Waals surface area contributed by atoms with Gasteiger partial charge in [-0.2, -0.15) is 5.26 Å². The topological polar surface area (TPSA) is 64.9 Å². The maximum absolute atomic E-state index is 12.1. The van der Waals surface area contributed by atoms with E-state index in [0.29, 0.717) is 12.1 Å². The van der Waals surface area contributed by atoms with Gasteiger partial charge in [-0.15, -0.1) is 0 Å². The van der Waals surface area contributed by atoms with Crippen LogP contribution in [0.2, 0.25) is 0 Å². The van der Waals surface area contributed by atoms with Crippen LogP contribution in [0.25, 0.3) is 0 Å². The number of nitrogens with zero attached hydrogens (tertiary/aromatic N) is 1. The van der Waals surface area contributed by atoms with Gasteiger partial charge in [0.05, 0.1) is 17.2 Å². The summed E-state index contributed by atoms with van der Waals surface area (Å²) in [6, 6.07) is 9.38. The van der Waals surface area contributed by atoms with Gasteiger partial charge < -0.3 is 10.6 Å². The van der Waals surface area contributed by atoms with E-state index in [4.69, 9.17) is 5.26 Å². The number of nitriles is 1. The van der Waals surface area contributed by atoms with Gasteiger partial charge in [0.1, 0.15) is 0 Å². The zero-order chi connectivity index (χ0) is 13.0. The standard InChI is InChI=1S/C14H17N3O/c1-14(6-3-7-17-14)13(18)16-10-12-5-2-4-11(8-12)9-15/h2,4-5,8,17H,3,6-7,10H2,1H3,(H,16,18). The van der Waals surface area contributed by atoms with Crippen molar-refractivity contribution in [1.82, 2.24) is 10.6 Å². The quantitative estimate of drug-likeness (QED) is 0.841. The SMILES string of the molecule is CC1(C(=O)NCc2cccc(C#N)c2)CCCN1. The van der Waals surface area contributed by atoms with Crippen molar-refractivity contribution in [2.75, 3.05) is 6.54 Å². The number of amides is 1. The van der Waals surface area contributed by atoms with Crippen molar-refractivity contribution in [2.24, 2.45) is 0 Å². The molecule has 1 aromatic carbocycles. The summed E-state index contributed by atoms with van der Waals surface area (Å²) >= 11 is 0. The second-order valence-corrected chi connectivity index (χ2v) is 4.86. The van der Waals surface area contributed by atoms with Gasteiger partial charge in [-0.3, -0.25) is 4.79 Å². The Morgan fingerprint density at radius 3 is 3.11 bits per heavy atom. The molecule has 1 aliphatic rings. The Hall–Kier alpha value is -1.86. The van der Waals surface area contributed by atoms with Crippen LogP contribution in [0.1, 0.15) is 30.9 Å². The van der Waals surface area contributed by atoms with E-state index >= 15 is 0 Å². The number of hydrogen-bond donors (Lipinski definition) is 2. The lowest BCUT2D eigenvalue weighted by Gasteiger charge is -2.23. The summed E-state index contributed by atoms with van der Waals surface area (Å²) in [7, 11) is 0. The van der Waals surface area contributed by atoms with Gasteiger partial charge in [-0.05, 0) is 44.0 Å². The van der Waals surface area contributed by atoms with E-state index in [1.807, 2.05) is 19.1 Å². The molecule has 0 bridgehead atoms. The van der Waals surface area contributed by atoms with Crippen molar-refractivity contribution in [3.05, 3.63) is 35.4 Å². The van der Waals surface area contributed by atoms with Gasteiger partial charge in [0.2, 0.25) is 5.91 Å². The Morgan fingerprint density at radius 1 is 1.61 bits per heavy atom. The lowest BCUT2D eigenvalue weighted by atomic mass is 9.99. The first-order valence-corrected chi connectivity index (χ1v) is 6.16. The lowest BCUT2D eigenvalue weighted by Crippen LogP contribution is -2.50. The average Bonchev–Trinajstić information content (AvgIpc) is 2.84. The molecule has 1 aromatic rings. The molecular weight excluding hydrogens is 226 g/mol. The molecule has 0 aliphatic carbocycles. The molecule has 0 saturated carbocycles. The maximum atomic E-state index is 12.1. The van der Waals surface area contributed by atoms with Crippen LogP contribution in [0.3, 0.4) is 0 Å². The molecule has 1 atom stereocenters. The molecule has 2 rings (SSSR count). The molecule has 4 nitrogen and oxygen atoms in total. The third-order valence-electron chi connectivity index (χ3n) is 3.38. The predicted molar refractivity (Wildman–Crippen MR) is 68.6 cm³/mol. The van der Waals surface area contributed by atoms with E-state index in [-0.39, 0.29) is 5.91 Å². The lowest BCUT2D eigenvalue weighted by molar-refractivity contribution is -0.126. The maximum Gasteiger partial charge on any atom is 0.240 e. The molecular formula is C14H17N3O. The normalized spacial score (nSPS) is 22.4. The average molecular weight is 243 g/mol. The van der Waals surface area contributed by atoms with Crippen LogP contribution in [0.4, 0.5) is 0 Å². The first-order chi connectivity index (χ1) is 8.64. The van der Waals surface area contributed by atoms with Gasteiger partial charge in [0, 0.05) is 6.54 Å². The van der Waals surface area contributed by atoms with E-state index in [1.165, 1.54) is 0 Å². The summed E-state index contributed by atoms with van der Waals surface area (Å²) in [5, 5.41) is 15.0. The fourth-order valence-corrected chi connectivity index (χ4v) is 2.22. The molecule has 1 fully saturated rings. The minimum Gasteiger partial charge on any atom is -0.350 e. The molecule has 1 unspecified atom stereocenters. The summed E-state index contributed by atoms with van der Waals surface area (Å²) in [4.78, 5) is 12.1. The van der Waals surface area contributed by atoms with Crippen LogP contribution in [-0.2, 0) is 11.3 Å². The first-order valence-electron chi connectivity index (χ1n) is 6.16. The van der Waals surface area contributed by atoms with Crippen molar-refractivity contribution in [3.63, 3.8) is 0 Å². The first kappa shape index (κ1) is 12.6. The number of hydrogen-bond acceptors (Lipinski definition) is 3. The van der Waals surface area contributed by atoms with Gasteiger partial charge in [-0.1, -0.05) is 12.1 Å². The highest BCUT2D eigenvalue weighted by molar-refractivity contribution is 5.86. The van der Waals surface area contributed by atoms with Crippen molar-refractivity contribution in [1.29, 1.82) is 5.26 Å². The summed E-state index contributed by atoms with van der Waals surface area (Å²) < 4.78 is 0. The molecule has 1 heterocycles. The molecule has 1 amide bonds. The van der Waals surface area contributed by atoms with E-state index in [2.05, 4.69) is 16.7 Å². The number of carbonyl (C=O) groups is 1. The molecule has 1 aliphatic heterocycles. The molecule has 0 aromatic heterocycles. The van der Waals surface area contributed by atoms with E-state index in [0.717, 1.165) is 24.9 Å². The summed E-state index contributed by atoms with van der Waals surface area (Å²) in [6.07, 6.45) is 1.91. The second kappa shape index (κ2) is 5.19. The highest BCUT2D eigenvalue weighted by atomic mass is 16.2. The van der Waals surface area contributed by atoms with Crippen LogP contribution in [0.15, 0.2) is 24.3 Å². The van der Waals surface area contributed by atoms with Crippen LogP contribution in [0.5, 0.6) is 0 Å². The molecule has 94 valence electrons. The van der Waals surface area contributed by atoms with Crippen molar-refractivity contribution in [3.8, 4) is 6.07 Å². The van der Waals surface area contributed by atoms with Crippen molar-refractivity contribution < 1.29 is 4.79 Å². The van der Waals surface area contributed by atoms with Crippen LogP contribution < -0.4 is 10.6 Å². The minimum atomic E-state index is -0.438. The Labute approximate surface area is 107 Å². The number of nitrogens with one attached hydrogen (secondary N) is 2. The van der Waals surface area contributed by atoms with Gasteiger partial charge in [0.15, 0.2) is 0 Å². The smallest absolute Gasteiger partial charge is 0.240 e. The van der Waals surface area contributed by atoms with Crippen molar-refractivity contribution in [2.45, 2.75) is 31.8 Å². The van der Waals surface area contributed by atoms with E-state index < -0.39 is 5.54 Å². The highest BCUT2D eigenvalue weighted by Crippen LogP contribution is 2.18. The molecule has 2 N–H and O–H groups in total. The Bertz CT molecular complexity index is 484. The Morgan fingerprint density at radius 2 is 2.44 bits per heavy atom. The summed E-state index contributed by atoms with van der Waals surface area (Å²) in [5.41, 5.74) is 1.13. The molecule has 4 heteroatoms. The van der Waals surface area contributed by atoms with Crippen molar-refractivity contribution >= 4 is 5.91 Å². The summed E-state index contributed by atoms with van der Waals surface area (Å²) in [6.45, 7) is 3.29. The predicted octanol–water partition coefficient (Wildman–Crippen LogP) is 1.32. The zero-order valence-electron chi connectivity index (χ0n) is 10.5. The summed E-state index contributed by atoms with van der Waals surface area (Å²) in [5.74, 6) is 0.0300. The minimum absolute atomic E-state index is 0.0300. The van der Waals surface area contributed by atoms with E-state index in [1.54, 1.807) is 12.1 Å². The van der Waals surface area contributed by atoms with Crippen LogP contribution in [-0.4, -0.2) is 18.0 Å². The third kappa shape index (κ3) is 2.69. The second-order valence-electron chi connectivity index (χ2n) is 4.86. The highest BCUT2D eigenvalue weighted by Gasteiger charge is 2.35. The molecule has 18 heavy (non-hydrogen) atoms. The van der Waals surface area contributed by atoms with Gasteiger partial charge in [0.25, 0.3) is 0 Å². The monoisotopic (exact) mass is 243 g/mol.